The fourth-order valence-corrected chi connectivity index (χ4v) is 3.93. The number of rotatable bonds is 4. The van der Waals surface area contributed by atoms with Crippen molar-refractivity contribution in [2.75, 3.05) is 11.6 Å². The van der Waals surface area contributed by atoms with Crippen molar-refractivity contribution in [1.82, 2.24) is 19.8 Å². The van der Waals surface area contributed by atoms with Gasteiger partial charge in [-0.15, -0.1) is 11.8 Å². The van der Waals surface area contributed by atoms with Crippen molar-refractivity contribution in [3.05, 3.63) is 30.1 Å². The molecule has 1 aliphatic rings. The molecule has 0 aliphatic carbocycles. The molecule has 1 N–H and O–H groups in total. The van der Waals surface area contributed by atoms with E-state index in [0.29, 0.717) is 24.6 Å². The number of carbonyl (C=O) groups is 2. The number of benzene rings is 1. The molecule has 122 valence electrons. The second-order valence-electron chi connectivity index (χ2n) is 5.53. The lowest BCUT2D eigenvalue weighted by atomic mass is 10.2. The van der Waals surface area contributed by atoms with Crippen LogP contribution < -0.4 is 5.32 Å². The van der Waals surface area contributed by atoms with Crippen LogP contribution in [0.4, 0.5) is 0 Å². The van der Waals surface area contributed by atoms with Crippen LogP contribution in [-0.2, 0) is 23.2 Å². The molecule has 7 heteroatoms. The molecule has 1 atom stereocenters. The zero-order valence-corrected chi connectivity index (χ0v) is 14.1. The molecule has 1 saturated heterocycles. The van der Waals surface area contributed by atoms with E-state index in [1.807, 2.05) is 42.8 Å². The highest BCUT2D eigenvalue weighted by Gasteiger charge is 2.33. The van der Waals surface area contributed by atoms with Crippen LogP contribution in [0.1, 0.15) is 19.2 Å². The topological polar surface area (TPSA) is 67.2 Å². The van der Waals surface area contributed by atoms with Gasteiger partial charge in [0.25, 0.3) is 0 Å². The minimum absolute atomic E-state index is 0.0258. The van der Waals surface area contributed by atoms with Gasteiger partial charge in [0, 0.05) is 19.2 Å². The van der Waals surface area contributed by atoms with Gasteiger partial charge in [-0.05, 0) is 12.1 Å². The molecule has 3 rings (SSSR count). The van der Waals surface area contributed by atoms with Crippen molar-refractivity contribution in [3.63, 3.8) is 0 Å². The number of nitrogens with one attached hydrogen (secondary N) is 1. The Bertz CT molecular complexity index is 743. The summed E-state index contributed by atoms with van der Waals surface area (Å²) in [7, 11) is 1.94. The molecule has 1 aliphatic heterocycles. The van der Waals surface area contributed by atoms with Crippen LogP contribution in [0, 0.1) is 0 Å². The SMILES string of the molecule is CCC(=O)N1CSCC1C(=O)NCc1nc2ccccc2n1C. The third-order valence-electron chi connectivity index (χ3n) is 4.11. The van der Waals surface area contributed by atoms with Gasteiger partial charge >= 0.3 is 0 Å². The highest BCUT2D eigenvalue weighted by molar-refractivity contribution is 7.99. The van der Waals surface area contributed by atoms with E-state index >= 15 is 0 Å². The molecule has 2 amide bonds. The van der Waals surface area contributed by atoms with Crippen LogP contribution in [0.15, 0.2) is 24.3 Å². The van der Waals surface area contributed by atoms with Gasteiger partial charge in [-0.3, -0.25) is 9.59 Å². The first-order valence-electron chi connectivity index (χ1n) is 7.67. The Kier molecular flexibility index (Phi) is 4.56. The van der Waals surface area contributed by atoms with Crippen LogP contribution in [0.25, 0.3) is 11.0 Å². The number of amides is 2. The van der Waals surface area contributed by atoms with Gasteiger partial charge in [-0.1, -0.05) is 19.1 Å². The molecule has 1 unspecified atom stereocenters. The third-order valence-corrected chi connectivity index (χ3v) is 5.12. The van der Waals surface area contributed by atoms with Gasteiger partial charge in [0.2, 0.25) is 11.8 Å². The summed E-state index contributed by atoms with van der Waals surface area (Å²) in [5, 5.41) is 2.92. The van der Waals surface area contributed by atoms with E-state index in [0.717, 1.165) is 16.9 Å². The van der Waals surface area contributed by atoms with Gasteiger partial charge in [-0.25, -0.2) is 4.98 Å². The summed E-state index contributed by atoms with van der Waals surface area (Å²) in [6.45, 7) is 2.18. The van der Waals surface area contributed by atoms with E-state index in [2.05, 4.69) is 10.3 Å². The number of para-hydroxylation sites is 2. The molecule has 1 aromatic heterocycles. The van der Waals surface area contributed by atoms with Crippen LogP contribution in [0.5, 0.6) is 0 Å². The second-order valence-corrected chi connectivity index (χ2v) is 6.53. The Hall–Kier alpha value is -2.02. The standard InChI is InChI=1S/C16H20N4O2S/c1-3-15(21)20-10-23-9-13(20)16(22)17-8-14-18-11-6-4-5-7-12(11)19(14)2/h4-7,13H,3,8-10H2,1-2H3,(H,17,22). The van der Waals surface area contributed by atoms with Gasteiger partial charge < -0.3 is 14.8 Å². The number of hydrogen-bond donors (Lipinski definition) is 1. The second kappa shape index (κ2) is 6.62. The normalized spacial score (nSPS) is 17.7. The zero-order valence-electron chi connectivity index (χ0n) is 13.3. The molecule has 0 bridgehead atoms. The minimum Gasteiger partial charge on any atom is -0.347 e. The van der Waals surface area contributed by atoms with E-state index in [-0.39, 0.29) is 17.9 Å². The highest BCUT2D eigenvalue weighted by Crippen LogP contribution is 2.22. The van der Waals surface area contributed by atoms with Gasteiger partial charge in [0.15, 0.2) is 0 Å². The molecule has 1 fully saturated rings. The maximum absolute atomic E-state index is 12.4. The van der Waals surface area contributed by atoms with E-state index in [9.17, 15) is 9.59 Å². The Morgan fingerprint density at radius 1 is 1.39 bits per heavy atom. The van der Waals surface area contributed by atoms with Gasteiger partial charge in [0.1, 0.15) is 11.9 Å². The lowest BCUT2D eigenvalue weighted by molar-refractivity contribution is -0.137. The maximum atomic E-state index is 12.4. The number of aromatic nitrogens is 2. The minimum atomic E-state index is -0.373. The number of imidazole rings is 1. The first kappa shape index (κ1) is 15.9. The van der Waals surface area contributed by atoms with Crippen molar-refractivity contribution in [3.8, 4) is 0 Å². The Labute approximate surface area is 139 Å². The highest BCUT2D eigenvalue weighted by atomic mass is 32.2. The Morgan fingerprint density at radius 3 is 2.91 bits per heavy atom. The molecular weight excluding hydrogens is 312 g/mol. The lowest BCUT2D eigenvalue weighted by Crippen LogP contribution is -2.47. The summed E-state index contributed by atoms with van der Waals surface area (Å²) >= 11 is 1.61. The predicted octanol–water partition coefficient (Wildman–Crippen LogP) is 1.50. The van der Waals surface area contributed by atoms with E-state index in [1.165, 1.54) is 0 Å². The van der Waals surface area contributed by atoms with Crippen LogP contribution in [-0.4, -0.2) is 43.9 Å². The summed E-state index contributed by atoms with van der Waals surface area (Å²) in [6.07, 6.45) is 0.426. The average Bonchev–Trinajstić information content (AvgIpc) is 3.18. The van der Waals surface area contributed by atoms with Crippen molar-refractivity contribution < 1.29 is 9.59 Å². The first-order valence-corrected chi connectivity index (χ1v) is 8.82. The summed E-state index contributed by atoms with van der Waals surface area (Å²) < 4.78 is 1.98. The molecule has 2 aromatic rings. The molecule has 0 spiro atoms. The van der Waals surface area contributed by atoms with E-state index in [4.69, 9.17) is 0 Å². The van der Waals surface area contributed by atoms with Crippen LogP contribution in [0.3, 0.4) is 0 Å². The van der Waals surface area contributed by atoms with Crippen LogP contribution in [0.2, 0.25) is 0 Å². The average molecular weight is 332 g/mol. The fourth-order valence-electron chi connectivity index (χ4n) is 2.75. The third kappa shape index (κ3) is 3.06. The quantitative estimate of drug-likeness (QED) is 0.921. The van der Waals surface area contributed by atoms with E-state index in [1.54, 1.807) is 16.7 Å². The van der Waals surface area contributed by atoms with Gasteiger partial charge in [-0.2, -0.15) is 0 Å². The molecule has 1 aromatic carbocycles. The molecule has 23 heavy (non-hydrogen) atoms. The van der Waals surface area contributed by atoms with Crippen molar-refractivity contribution in [2.45, 2.75) is 25.9 Å². The van der Waals surface area contributed by atoms with Crippen molar-refractivity contribution in [2.24, 2.45) is 7.05 Å². The molecule has 2 heterocycles. The number of carbonyl (C=O) groups excluding carboxylic acids is 2. The molecule has 0 radical (unpaired) electrons. The lowest BCUT2D eigenvalue weighted by Gasteiger charge is -2.22. The fraction of sp³-hybridized carbons (Fsp3) is 0.438. The zero-order chi connectivity index (χ0) is 16.4. The molecule has 6 nitrogen and oxygen atoms in total. The molecule has 0 saturated carbocycles. The Morgan fingerprint density at radius 2 is 2.17 bits per heavy atom. The van der Waals surface area contributed by atoms with Crippen molar-refractivity contribution >= 4 is 34.6 Å². The monoisotopic (exact) mass is 332 g/mol. The number of nitrogens with zero attached hydrogens (tertiary/aromatic N) is 3. The Balaban J connectivity index is 1.68. The molecular formula is C16H20N4O2S. The number of aryl methyl sites for hydroxylation is 1. The van der Waals surface area contributed by atoms with Gasteiger partial charge in [0.05, 0.1) is 23.5 Å². The number of thioether (sulfide) groups is 1. The summed E-state index contributed by atoms with van der Waals surface area (Å²) in [5.41, 5.74) is 1.95. The maximum Gasteiger partial charge on any atom is 0.244 e. The van der Waals surface area contributed by atoms with E-state index < -0.39 is 0 Å². The van der Waals surface area contributed by atoms with Crippen molar-refractivity contribution in [1.29, 1.82) is 0 Å². The summed E-state index contributed by atoms with van der Waals surface area (Å²) in [6, 6.07) is 7.50. The van der Waals surface area contributed by atoms with Crippen LogP contribution >= 0.6 is 11.8 Å². The summed E-state index contributed by atoms with van der Waals surface area (Å²) in [4.78, 5) is 30.5. The predicted molar refractivity (Wildman–Crippen MR) is 90.8 cm³/mol. The smallest absolute Gasteiger partial charge is 0.244 e. The number of hydrogen-bond acceptors (Lipinski definition) is 4. The first-order chi connectivity index (χ1) is 11.1. The number of fused-ring (bicyclic) bond motifs is 1. The largest absolute Gasteiger partial charge is 0.347 e. The summed E-state index contributed by atoms with van der Waals surface area (Å²) in [5.74, 6) is 1.97.